The van der Waals surface area contributed by atoms with Crippen molar-refractivity contribution in [3.63, 3.8) is 0 Å². The van der Waals surface area contributed by atoms with E-state index in [1.165, 1.54) is 4.88 Å². The van der Waals surface area contributed by atoms with Gasteiger partial charge in [0.25, 0.3) is 0 Å². The lowest BCUT2D eigenvalue weighted by atomic mass is 10.1. The Hall–Kier alpha value is -1.89. The van der Waals surface area contributed by atoms with E-state index >= 15 is 0 Å². The number of aliphatic imine (C=N–C) groups is 1. The van der Waals surface area contributed by atoms with Crippen LogP contribution in [0.4, 0.5) is 0 Å². The number of aryl methyl sites for hydroxylation is 1. The van der Waals surface area contributed by atoms with Gasteiger partial charge in [-0.3, -0.25) is 4.99 Å². The molecule has 0 aromatic carbocycles. The number of thiophene rings is 1. The first-order chi connectivity index (χ1) is 10.7. The van der Waals surface area contributed by atoms with E-state index in [9.17, 15) is 0 Å². The number of hydrogen-bond donors (Lipinski definition) is 2. The van der Waals surface area contributed by atoms with Crippen molar-refractivity contribution < 1.29 is 4.52 Å². The van der Waals surface area contributed by atoms with Crippen LogP contribution in [0.15, 0.2) is 27.0 Å². The molecule has 0 radical (unpaired) electrons. The fraction of sp³-hybridized carbons (Fsp3) is 0.533. The number of aromatic nitrogens is 2. The molecule has 0 aliphatic heterocycles. The molecule has 2 aromatic heterocycles. The molecular formula is C15H23N5OS. The van der Waals surface area contributed by atoms with Gasteiger partial charge in [0.15, 0.2) is 11.8 Å². The van der Waals surface area contributed by atoms with E-state index in [1.807, 2.05) is 6.92 Å². The Morgan fingerprint density at radius 3 is 2.95 bits per heavy atom. The summed E-state index contributed by atoms with van der Waals surface area (Å²) < 4.78 is 5.09. The van der Waals surface area contributed by atoms with Crippen molar-refractivity contribution in [2.75, 3.05) is 19.6 Å². The second kappa shape index (κ2) is 8.53. The molecule has 2 heterocycles. The number of hydrogen-bond acceptors (Lipinski definition) is 5. The van der Waals surface area contributed by atoms with Gasteiger partial charge in [-0.05, 0) is 25.3 Å². The lowest BCUT2D eigenvalue weighted by molar-refractivity contribution is 0.374. The van der Waals surface area contributed by atoms with Crippen molar-refractivity contribution in [1.82, 2.24) is 20.8 Å². The van der Waals surface area contributed by atoms with Gasteiger partial charge in [0, 0.05) is 30.3 Å². The molecule has 2 aromatic rings. The highest BCUT2D eigenvalue weighted by molar-refractivity contribution is 7.10. The van der Waals surface area contributed by atoms with Gasteiger partial charge in [0.2, 0.25) is 5.89 Å². The molecule has 2 N–H and O–H groups in total. The van der Waals surface area contributed by atoms with Crippen LogP contribution in [0.1, 0.15) is 36.4 Å². The Kier molecular flexibility index (Phi) is 6.39. The van der Waals surface area contributed by atoms with Gasteiger partial charge in [-0.2, -0.15) is 4.98 Å². The van der Waals surface area contributed by atoms with Gasteiger partial charge in [0.05, 0.1) is 6.54 Å². The lowest BCUT2D eigenvalue weighted by Gasteiger charge is -2.12. The molecule has 6 nitrogen and oxygen atoms in total. The van der Waals surface area contributed by atoms with E-state index in [0.717, 1.165) is 19.0 Å². The van der Waals surface area contributed by atoms with Crippen LogP contribution in [0.25, 0.3) is 0 Å². The van der Waals surface area contributed by atoms with Gasteiger partial charge in [-0.25, -0.2) is 0 Å². The Balaban J connectivity index is 1.81. The average Bonchev–Trinajstić information content (AvgIpc) is 3.16. The van der Waals surface area contributed by atoms with Crippen molar-refractivity contribution in [2.24, 2.45) is 4.99 Å². The van der Waals surface area contributed by atoms with Crippen LogP contribution >= 0.6 is 11.3 Å². The molecule has 7 heteroatoms. The molecule has 0 fully saturated rings. The summed E-state index contributed by atoms with van der Waals surface area (Å²) in [5, 5.41) is 12.4. The van der Waals surface area contributed by atoms with Crippen molar-refractivity contribution >= 4 is 17.3 Å². The van der Waals surface area contributed by atoms with Gasteiger partial charge in [-0.15, -0.1) is 11.3 Å². The summed E-state index contributed by atoms with van der Waals surface area (Å²) in [7, 11) is 0. The summed E-state index contributed by atoms with van der Waals surface area (Å²) in [6, 6.07) is 4.24. The normalized spacial score (nSPS) is 13.1. The highest BCUT2D eigenvalue weighted by Crippen LogP contribution is 2.20. The molecule has 22 heavy (non-hydrogen) atoms. The maximum absolute atomic E-state index is 5.09. The monoisotopic (exact) mass is 321 g/mol. The molecule has 0 saturated carbocycles. The molecule has 1 atom stereocenters. The SMILES string of the molecule is CCNC(=NCC(C)c1cccs1)NCCc1nc(C)no1. The molecule has 120 valence electrons. The first-order valence-electron chi connectivity index (χ1n) is 7.53. The standard InChI is InChI=1S/C15H23N5OS/c1-4-16-15(17-8-7-14-19-12(3)20-21-14)18-10-11(2)13-6-5-9-22-13/h5-6,9,11H,4,7-8,10H2,1-3H3,(H2,16,17,18). The van der Waals surface area contributed by atoms with Gasteiger partial charge < -0.3 is 15.2 Å². The predicted octanol–water partition coefficient (Wildman–Crippen LogP) is 2.34. The number of nitrogens with one attached hydrogen (secondary N) is 2. The third-order valence-corrected chi connectivity index (χ3v) is 4.20. The van der Waals surface area contributed by atoms with Crippen LogP contribution in [0, 0.1) is 6.92 Å². The summed E-state index contributed by atoms with van der Waals surface area (Å²) in [5.74, 6) is 2.56. The maximum Gasteiger partial charge on any atom is 0.228 e. The van der Waals surface area contributed by atoms with E-state index in [1.54, 1.807) is 11.3 Å². The van der Waals surface area contributed by atoms with Crippen molar-refractivity contribution in [1.29, 1.82) is 0 Å². The van der Waals surface area contributed by atoms with Crippen LogP contribution in [0.5, 0.6) is 0 Å². The van der Waals surface area contributed by atoms with Gasteiger partial charge >= 0.3 is 0 Å². The van der Waals surface area contributed by atoms with E-state index < -0.39 is 0 Å². The molecule has 2 rings (SSSR count). The summed E-state index contributed by atoms with van der Waals surface area (Å²) >= 11 is 1.78. The summed E-state index contributed by atoms with van der Waals surface area (Å²) in [4.78, 5) is 10.2. The fourth-order valence-corrected chi connectivity index (χ4v) is 2.74. The molecule has 0 saturated heterocycles. The first kappa shape index (κ1) is 16.5. The fourth-order valence-electron chi connectivity index (χ4n) is 1.96. The van der Waals surface area contributed by atoms with Crippen LogP contribution < -0.4 is 10.6 Å². The number of nitrogens with zero attached hydrogens (tertiary/aromatic N) is 3. The zero-order chi connectivity index (χ0) is 15.8. The maximum atomic E-state index is 5.09. The van der Waals surface area contributed by atoms with Crippen LogP contribution in [-0.4, -0.2) is 35.7 Å². The summed E-state index contributed by atoms with van der Waals surface area (Å²) in [5.41, 5.74) is 0. The molecule has 0 aliphatic carbocycles. The highest BCUT2D eigenvalue weighted by Gasteiger charge is 2.07. The van der Waals surface area contributed by atoms with E-state index in [0.29, 0.717) is 30.6 Å². The van der Waals surface area contributed by atoms with Crippen molar-refractivity contribution in [2.45, 2.75) is 33.1 Å². The molecule has 0 spiro atoms. The largest absolute Gasteiger partial charge is 0.357 e. The Labute approximate surface area is 135 Å². The van der Waals surface area contributed by atoms with Gasteiger partial charge in [-0.1, -0.05) is 18.1 Å². The minimum atomic E-state index is 0.425. The average molecular weight is 321 g/mol. The van der Waals surface area contributed by atoms with Gasteiger partial charge in [0.1, 0.15) is 0 Å². The second-order valence-electron chi connectivity index (χ2n) is 5.05. The van der Waals surface area contributed by atoms with E-state index in [-0.39, 0.29) is 0 Å². The summed E-state index contributed by atoms with van der Waals surface area (Å²) in [6.07, 6.45) is 0.686. The Morgan fingerprint density at radius 2 is 2.32 bits per heavy atom. The quantitative estimate of drug-likeness (QED) is 0.605. The van der Waals surface area contributed by atoms with E-state index in [4.69, 9.17) is 4.52 Å². The van der Waals surface area contributed by atoms with Crippen LogP contribution in [-0.2, 0) is 6.42 Å². The lowest BCUT2D eigenvalue weighted by Crippen LogP contribution is -2.38. The number of guanidine groups is 1. The number of rotatable bonds is 7. The van der Waals surface area contributed by atoms with Crippen LogP contribution in [0.2, 0.25) is 0 Å². The minimum Gasteiger partial charge on any atom is -0.357 e. The highest BCUT2D eigenvalue weighted by atomic mass is 32.1. The third-order valence-electron chi connectivity index (χ3n) is 3.10. The molecule has 0 aliphatic rings. The van der Waals surface area contributed by atoms with Crippen molar-refractivity contribution in [3.05, 3.63) is 34.1 Å². The van der Waals surface area contributed by atoms with Crippen molar-refractivity contribution in [3.8, 4) is 0 Å². The Bertz CT molecular complexity index is 579. The smallest absolute Gasteiger partial charge is 0.228 e. The summed E-state index contributed by atoms with van der Waals surface area (Å²) in [6.45, 7) is 8.37. The molecule has 0 amide bonds. The Morgan fingerprint density at radius 1 is 1.45 bits per heavy atom. The zero-order valence-electron chi connectivity index (χ0n) is 13.3. The first-order valence-corrected chi connectivity index (χ1v) is 8.41. The van der Waals surface area contributed by atoms with Crippen LogP contribution in [0.3, 0.4) is 0 Å². The van der Waals surface area contributed by atoms with E-state index in [2.05, 4.69) is 57.1 Å². The zero-order valence-corrected chi connectivity index (χ0v) is 14.1. The topological polar surface area (TPSA) is 75.3 Å². The predicted molar refractivity (Wildman–Crippen MR) is 89.5 cm³/mol. The molecule has 0 bridgehead atoms. The molecule has 1 unspecified atom stereocenters. The minimum absolute atomic E-state index is 0.425. The third kappa shape index (κ3) is 5.14. The molecular weight excluding hydrogens is 298 g/mol. The second-order valence-corrected chi connectivity index (χ2v) is 6.03.